The molecule has 0 radical (unpaired) electrons. The van der Waals surface area contributed by atoms with Crippen LogP contribution in [0.15, 0.2) is 52.2 Å². The van der Waals surface area contributed by atoms with Gasteiger partial charge in [-0.1, -0.05) is 29.8 Å². The van der Waals surface area contributed by atoms with Crippen LogP contribution < -0.4 is 10.7 Å². The van der Waals surface area contributed by atoms with Crippen LogP contribution in [-0.4, -0.2) is 28.4 Å². The minimum Gasteiger partial charge on any atom is -0.310 e. The zero-order valence-electron chi connectivity index (χ0n) is 16.6. The third-order valence-electron chi connectivity index (χ3n) is 5.85. The molecule has 0 saturated carbocycles. The molecule has 1 saturated heterocycles. The van der Waals surface area contributed by atoms with E-state index in [1.807, 2.05) is 12.3 Å². The lowest BCUT2D eigenvalue weighted by Gasteiger charge is -2.43. The SMILES string of the molecule is CSC1=C(C#N)C2NC(C3=CC=C([N+](=O)[O-])C3)CC(c3ccc(C)cc3C)N2N1. The molecule has 3 unspecified atom stereocenters. The minimum atomic E-state index is -0.316. The molecule has 0 aromatic heterocycles. The van der Waals surface area contributed by atoms with E-state index >= 15 is 0 Å². The van der Waals surface area contributed by atoms with E-state index < -0.39 is 0 Å². The fourth-order valence-electron chi connectivity index (χ4n) is 4.42. The number of nitrogens with one attached hydrogen (secondary N) is 2. The summed E-state index contributed by atoms with van der Waals surface area (Å²) in [5.74, 6) is 0. The van der Waals surface area contributed by atoms with Crippen molar-refractivity contribution < 1.29 is 4.92 Å². The van der Waals surface area contributed by atoms with E-state index in [0.717, 1.165) is 17.0 Å². The largest absolute Gasteiger partial charge is 0.310 e. The van der Waals surface area contributed by atoms with Crippen molar-refractivity contribution in [1.29, 1.82) is 5.26 Å². The Morgan fingerprint density at radius 1 is 1.34 bits per heavy atom. The Hall–Kier alpha value is -2.60. The average molecular weight is 410 g/mol. The van der Waals surface area contributed by atoms with E-state index in [2.05, 4.69) is 53.9 Å². The van der Waals surface area contributed by atoms with Gasteiger partial charge < -0.3 is 5.43 Å². The predicted octanol–water partition coefficient (Wildman–Crippen LogP) is 3.44. The molecule has 2 N–H and O–H groups in total. The summed E-state index contributed by atoms with van der Waals surface area (Å²) >= 11 is 1.52. The Kier molecular flexibility index (Phi) is 5.21. The van der Waals surface area contributed by atoms with Gasteiger partial charge in [-0.25, -0.2) is 0 Å². The number of rotatable bonds is 4. The number of hydrogen-bond donors (Lipinski definition) is 2. The third-order valence-corrected chi connectivity index (χ3v) is 6.57. The van der Waals surface area contributed by atoms with E-state index in [1.54, 1.807) is 6.08 Å². The van der Waals surface area contributed by atoms with E-state index in [1.165, 1.54) is 28.5 Å². The maximum Gasteiger partial charge on any atom is 0.250 e. The summed E-state index contributed by atoms with van der Waals surface area (Å²) in [5, 5.41) is 27.5. The van der Waals surface area contributed by atoms with Crippen LogP contribution in [0.2, 0.25) is 0 Å². The zero-order valence-corrected chi connectivity index (χ0v) is 17.4. The first-order valence-electron chi connectivity index (χ1n) is 9.53. The van der Waals surface area contributed by atoms with Gasteiger partial charge in [-0.05, 0) is 43.2 Å². The molecule has 8 heteroatoms. The van der Waals surface area contributed by atoms with Gasteiger partial charge >= 0.3 is 0 Å². The average Bonchev–Trinajstić information content (AvgIpc) is 3.32. The summed E-state index contributed by atoms with van der Waals surface area (Å²) in [6, 6.07) is 8.79. The molecule has 3 aliphatic rings. The summed E-state index contributed by atoms with van der Waals surface area (Å²) < 4.78 is 0. The van der Waals surface area contributed by atoms with Gasteiger partial charge in [0, 0.05) is 12.1 Å². The van der Waals surface area contributed by atoms with Crippen molar-refractivity contribution in [2.24, 2.45) is 0 Å². The molecule has 150 valence electrons. The fourth-order valence-corrected chi connectivity index (χ4v) is 4.99. The predicted molar refractivity (Wildman–Crippen MR) is 113 cm³/mol. The highest BCUT2D eigenvalue weighted by molar-refractivity contribution is 8.02. The van der Waals surface area contributed by atoms with Crippen molar-refractivity contribution >= 4 is 11.8 Å². The zero-order chi connectivity index (χ0) is 20.7. The van der Waals surface area contributed by atoms with Crippen molar-refractivity contribution in [1.82, 2.24) is 15.8 Å². The molecule has 1 aromatic carbocycles. The summed E-state index contributed by atoms with van der Waals surface area (Å²) in [4.78, 5) is 10.9. The van der Waals surface area contributed by atoms with Gasteiger partial charge in [-0.3, -0.25) is 15.4 Å². The lowest BCUT2D eigenvalue weighted by atomic mass is 9.88. The van der Waals surface area contributed by atoms with Gasteiger partial charge in [0.1, 0.15) is 12.2 Å². The molecule has 2 aliphatic heterocycles. The number of hydrazine groups is 1. The van der Waals surface area contributed by atoms with Crippen LogP contribution in [0.1, 0.15) is 35.6 Å². The van der Waals surface area contributed by atoms with Gasteiger partial charge in [0.2, 0.25) is 5.70 Å². The van der Waals surface area contributed by atoms with E-state index in [9.17, 15) is 15.4 Å². The summed E-state index contributed by atoms with van der Waals surface area (Å²) in [7, 11) is 0. The Labute approximate surface area is 174 Å². The Bertz CT molecular complexity index is 1010. The Morgan fingerprint density at radius 2 is 2.14 bits per heavy atom. The fraction of sp³-hybridized carbons (Fsp3) is 0.381. The Balaban J connectivity index is 1.70. The van der Waals surface area contributed by atoms with Crippen LogP contribution in [0.5, 0.6) is 0 Å². The van der Waals surface area contributed by atoms with Gasteiger partial charge in [0.25, 0.3) is 0 Å². The van der Waals surface area contributed by atoms with Crippen molar-refractivity contribution in [2.45, 2.75) is 44.9 Å². The van der Waals surface area contributed by atoms with E-state index in [4.69, 9.17) is 0 Å². The highest BCUT2D eigenvalue weighted by Gasteiger charge is 2.45. The molecular formula is C21H23N5O2S. The maximum atomic E-state index is 11.2. The molecule has 0 spiro atoms. The quantitative estimate of drug-likeness (QED) is 0.581. The van der Waals surface area contributed by atoms with Gasteiger partial charge in [0.15, 0.2) is 0 Å². The second-order valence-corrected chi connectivity index (χ2v) is 8.46. The molecule has 0 bridgehead atoms. The lowest BCUT2D eigenvalue weighted by Crippen LogP contribution is -2.58. The molecule has 3 atom stereocenters. The van der Waals surface area contributed by atoms with Crippen molar-refractivity contribution in [2.75, 3.05) is 6.26 Å². The van der Waals surface area contributed by atoms with Crippen LogP contribution in [0.25, 0.3) is 0 Å². The van der Waals surface area contributed by atoms with Crippen molar-refractivity contribution in [3.63, 3.8) is 0 Å². The van der Waals surface area contributed by atoms with Crippen LogP contribution in [0.4, 0.5) is 0 Å². The number of allylic oxidation sites excluding steroid dienone is 3. The topological polar surface area (TPSA) is 94.2 Å². The third kappa shape index (κ3) is 3.46. The lowest BCUT2D eigenvalue weighted by molar-refractivity contribution is -0.426. The molecule has 7 nitrogen and oxygen atoms in total. The first-order valence-corrected chi connectivity index (χ1v) is 10.8. The number of nitro groups is 1. The van der Waals surface area contributed by atoms with Crippen LogP contribution in [0, 0.1) is 35.3 Å². The van der Waals surface area contributed by atoms with Crippen molar-refractivity contribution in [3.8, 4) is 6.07 Å². The summed E-state index contributed by atoms with van der Waals surface area (Å²) in [6.45, 7) is 4.19. The standard InChI is InChI=1S/C21H23N5O2S/c1-12-4-7-16(13(2)8-12)19-10-18(14-5-6-15(9-14)26(27)28)23-20-17(11-22)21(29-3)24-25(19)20/h4-8,18-20,23-24H,9-10H2,1-3H3. The molecule has 0 amide bonds. The molecule has 29 heavy (non-hydrogen) atoms. The summed E-state index contributed by atoms with van der Waals surface area (Å²) in [6.07, 6.45) is 6.24. The maximum absolute atomic E-state index is 11.2. The number of thioether (sulfide) groups is 1. The minimum absolute atomic E-state index is 0.0398. The number of aryl methyl sites for hydroxylation is 2. The molecule has 4 rings (SSSR count). The van der Waals surface area contributed by atoms with Crippen LogP contribution in [0.3, 0.4) is 0 Å². The first-order chi connectivity index (χ1) is 13.9. The number of fused-ring (bicyclic) bond motifs is 1. The smallest absolute Gasteiger partial charge is 0.250 e. The first kappa shape index (κ1) is 19.7. The van der Waals surface area contributed by atoms with Crippen LogP contribution >= 0.6 is 11.8 Å². The van der Waals surface area contributed by atoms with E-state index in [0.29, 0.717) is 12.0 Å². The van der Waals surface area contributed by atoms with Crippen LogP contribution in [-0.2, 0) is 0 Å². The summed E-state index contributed by atoms with van der Waals surface area (Å²) in [5.41, 5.74) is 8.93. The van der Waals surface area contributed by atoms with Gasteiger partial charge in [0.05, 0.1) is 28.0 Å². The Morgan fingerprint density at radius 3 is 2.76 bits per heavy atom. The second-order valence-electron chi connectivity index (χ2n) is 7.64. The number of nitriles is 1. The number of benzene rings is 1. The molecular weight excluding hydrogens is 386 g/mol. The monoisotopic (exact) mass is 409 g/mol. The molecule has 1 fully saturated rings. The molecule has 1 aliphatic carbocycles. The van der Waals surface area contributed by atoms with Gasteiger partial charge in [-0.15, -0.1) is 11.8 Å². The number of nitrogens with zero attached hydrogens (tertiary/aromatic N) is 3. The highest BCUT2D eigenvalue weighted by atomic mass is 32.2. The molecule has 2 heterocycles. The number of hydrogen-bond acceptors (Lipinski definition) is 7. The van der Waals surface area contributed by atoms with Crippen molar-refractivity contribution in [3.05, 3.63) is 79.0 Å². The highest BCUT2D eigenvalue weighted by Crippen LogP contribution is 2.41. The normalized spacial score (nSPS) is 26.5. The van der Waals surface area contributed by atoms with Gasteiger partial charge in [-0.2, -0.15) is 10.3 Å². The molecule has 1 aromatic rings. The second kappa shape index (κ2) is 7.67. The van der Waals surface area contributed by atoms with E-state index in [-0.39, 0.29) is 28.9 Å².